The third kappa shape index (κ3) is 11.6. The number of pyridine rings is 1. The molecule has 0 radical (unpaired) electrons. The monoisotopic (exact) mass is 869 g/mol. The van der Waals surface area contributed by atoms with E-state index in [4.69, 9.17) is 33.2 Å². The molecule has 4 unspecified atom stereocenters. The van der Waals surface area contributed by atoms with Crippen LogP contribution in [0.3, 0.4) is 0 Å². The van der Waals surface area contributed by atoms with Gasteiger partial charge < -0.3 is 33.2 Å². The molecule has 1 aliphatic carbocycles. The highest BCUT2D eigenvalue weighted by Gasteiger charge is 2.27. The van der Waals surface area contributed by atoms with Crippen molar-refractivity contribution >= 4 is 11.9 Å². The number of rotatable bonds is 17. The Bertz CT molecular complexity index is 2080. The van der Waals surface area contributed by atoms with E-state index in [0.29, 0.717) is 52.9 Å². The van der Waals surface area contributed by atoms with Crippen LogP contribution in [0.15, 0.2) is 97.1 Å². The molecule has 0 amide bonds. The quantitative estimate of drug-likeness (QED) is 0.0661. The molecule has 10 nitrogen and oxygen atoms in total. The Labute approximate surface area is 378 Å². The van der Waals surface area contributed by atoms with Gasteiger partial charge in [-0.3, -0.25) is 0 Å². The van der Waals surface area contributed by atoms with Crippen LogP contribution in [0.2, 0.25) is 0 Å². The number of methoxy groups -OCH3 is 1. The van der Waals surface area contributed by atoms with Gasteiger partial charge in [0.05, 0.1) is 7.11 Å². The summed E-state index contributed by atoms with van der Waals surface area (Å²) in [6, 6.07) is 34.2. The molecule has 8 rings (SSSR count). The highest BCUT2D eigenvalue weighted by molar-refractivity contribution is 5.92. The predicted octanol–water partition coefficient (Wildman–Crippen LogP) is 10.7. The molecule has 0 spiro atoms. The molecule has 5 aromatic rings. The van der Waals surface area contributed by atoms with Gasteiger partial charge >= 0.3 is 11.9 Å². The molecule has 338 valence electrons. The fourth-order valence-corrected chi connectivity index (χ4v) is 9.21. The summed E-state index contributed by atoms with van der Waals surface area (Å²) >= 11 is 0. The Morgan fingerprint density at radius 3 is 1.08 bits per heavy atom. The van der Waals surface area contributed by atoms with Gasteiger partial charge in [0, 0.05) is 88.7 Å². The van der Waals surface area contributed by atoms with Gasteiger partial charge in [0.1, 0.15) is 19.0 Å². The van der Waals surface area contributed by atoms with Gasteiger partial charge in [-0.2, -0.15) is 0 Å². The third-order valence-corrected chi connectivity index (χ3v) is 12.3. The fraction of sp³-hybridized carbons (Fsp3) is 0.426. The first-order valence-corrected chi connectivity index (χ1v) is 23.0. The molecule has 0 N–H and O–H groups in total. The Hall–Kier alpha value is -5.39. The van der Waals surface area contributed by atoms with E-state index in [1.54, 1.807) is 0 Å². The van der Waals surface area contributed by atoms with E-state index in [0.717, 1.165) is 59.1 Å². The maximum Gasteiger partial charge on any atom is 0.357 e. The molecule has 0 saturated heterocycles. The van der Waals surface area contributed by atoms with Crippen molar-refractivity contribution in [1.82, 2.24) is 4.98 Å². The summed E-state index contributed by atoms with van der Waals surface area (Å²) in [7, 11) is 1.48. The van der Waals surface area contributed by atoms with E-state index in [-0.39, 0.29) is 54.0 Å². The number of fused-ring (bicyclic) bond motifs is 4. The van der Waals surface area contributed by atoms with E-state index in [2.05, 4.69) is 89.9 Å². The summed E-state index contributed by atoms with van der Waals surface area (Å²) in [4.78, 5) is 32.2. The number of aromatic nitrogens is 1. The van der Waals surface area contributed by atoms with Crippen molar-refractivity contribution in [2.45, 2.75) is 90.3 Å². The summed E-state index contributed by atoms with van der Waals surface area (Å²) in [5.41, 5.74) is 10.7. The Morgan fingerprint density at radius 2 is 0.781 bits per heavy atom. The molecule has 12 bridgehead atoms. The molecule has 4 atom stereocenters. The molecule has 3 heterocycles. The molecule has 0 saturated carbocycles. The Balaban J connectivity index is 1.54. The minimum Gasteiger partial charge on any atom is -0.497 e. The number of esters is 2. The van der Waals surface area contributed by atoms with Crippen LogP contribution < -0.4 is 4.74 Å². The first-order valence-electron chi connectivity index (χ1n) is 23.0. The standard InChI is InChI=1S/C54H63NO9/c1-6-59-20-16-47-38-12-10-13-39(28-38)48(17-21-60-7-2)44-26-37-27-45(31-44)50(19-23-62-9-4)41-15-11-14-40(29-41)49(18-22-61-8-3)43-25-36(24-42(47)30-43)34-63-53(56)51-32-46(58-5)33-52(55-51)54(57)64-35-37/h10-15,24-33,47-50H,6-9,16-23,34-35H2,1-5H3. The first kappa shape index (κ1) is 46.6. The Morgan fingerprint density at radius 1 is 0.469 bits per heavy atom. The lowest BCUT2D eigenvalue weighted by Gasteiger charge is -2.28. The van der Waals surface area contributed by atoms with Crippen LogP contribution in [-0.2, 0) is 41.6 Å². The van der Waals surface area contributed by atoms with E-state index in [1.807, 2.05) is 27.7 Å². The van der Waals surface area contributed by atoms with E-state index >= 15 is 0 Å². The van der Waals surface area contributed by atoms with Crippen molar-refractivity contribution in [3.05, 3.63) is 164 Å². The second kappa shape index (κ2) is 23.0. The number of hydrogen-bond donors (Lipinski definition) is 0. The lowest BCUT2D eigenvalue weighted by atomic mass is 9.78. The van der Waals surface area contributed by atoms with E-state index in [1.165, 1.54) is 41.5 Å². The van der Waals surface area contributed by atoms with Gasteiger partial charge in [0.15, 0.2) is 11.4 Å². The zero-order valence-electron chi connectivity index (χ0n) is 38.1. The molecule has 3 aliphatic rings. The summed E-state index contributed by atoms with van der Waals surface area (Å²) in [5.74, 6) is -1.25. The minimum absolute atomic E-state index is 0.0236. The molecule has 2 aliphatic heterocycles. The second-order valence-corrected chi connectivity index (χ2v) is 16.4. The number of hydrogen-bond acceptors (Lipinski definition) is 10. The van der Waals surface area contributed by atoms with E-state index < -0.39 is 11.9 Å². The van der Waals surface area contributed by atoms with Crippen molar-refractivity contribution in [2.75, 3.05) is 60.0 Å². The Kier molecular flexibility index (Phi) is 16.7. The topological polar surface area (TPSA) is 112 Å². The zero-order valence-corrected chi connectivity index (χ0v) is 38.1. The smallest absolute Gasteiger partial charge is 0.357 e. The average molecular weight is 870 g/mol. The summed E-state index contributed by atoms with van der Waals surface area (Å²) in [5, 5.41) is 0. The normalized spacial score (nSPS) is 18.3. The van der Waals surface area contributed by atoms with Crippen LogP contribution in [0, 0.1) is 0 Å². The molecule has 64 heavy (non-hydrogen) atoms. The lowest BCUT2D eigenvalue weighted by molar-refractivity contribution is 0.0455. The maximum atomic E-state index is 13.9. The zero-order chi connectivity index (χ0) is 44.8. The third-order valence-electron chi connectivity index (χ3n) is 12.3. The average Bonchev–Trinajstić information content (AvgIpc) is 3.32. The van der Waals surface area contributed by atoms with Crippen LogP contribution in [-0.4, -0.2) is 76.9 Å². The summed E-state index contributed by atoms with van der Waals surface area (Å²) < 4.78 is 41.9. The largest absolute Gasteiger partial charge is 0.497 e. The molecule has 4 aromatic carbocycles. The van der Waals surface area contributed by atoms with Crippen molar-refractivity contribution in [3.63, 3.8) is 0 Å². The van der Waals surface area contributed by atoms with Crippen LogP contribution in [0.4, 0.5) is 0 Å². The second-order valence-electron chi connectivity index (χ2n) is 16.4. The first-order chi connectivity index (χ1) is 31.3. The van der Waals surface area contributed by atoms with Crippen LogP contribution in [0.25, 0.3) is 0 Å². The lowest BCUT2D eigenvalue weighted by Crippen LogP contribution is -2.16. The maximum absolute atomic E-state index is 13.9. The highest BCUT2D eigenvalue weighted by atomic mass is 16.5. The van der Waals surface area contributed by atoms with E-state index in [9.17, 15) is 9.59 Å². The molecule has 1 aromatic heterocycles. The van der Waals surface area contributed by atoms with Gasteiger partial charge in [-0.05, 0) is 109 Å². The van der Waals surface area contributed by atoms with Gasteiger partial charge in [0.25, 0.3) is 0 Å². The number of benzene rings is 4. The van der Waals surface area contributed by atoms with Crippen LogP contribution in [0.1, 0.15) is 154 Å². The number of carbonyl (C=O) groups excluding carboxylic acids is 2. The molecule has 0 fully saturated rings. The summed E-state index contributed by atoms with van der Waals surface area (Å²) in [6.07, 6.45) is 2.97. The summed E-state index contributed by atoms with van der Waals surface area (Å²) in [6.45, 7) is 12.8. The van der Waals surface area contributed by atoms with Crippen molar-refractivity contribution in [3.8, 4) is 5.75 Å². The van der Waals surface area contributed by atoms with Crippen molar-refractivity contribution < 1.29 is 42.7 Å². The number of ether oxygens (including phenoxy) is 7. The van der Waals surface area contributed by atoms with Gasteiger partial charge in [0.2, 0.25) is 0 Å². The fourth-order valence-electron chi connectivity index (χ4n) is 9.21. The molecular weight excluding hydrogens is 807 g/mol. The number of nitrogens with zero attached hydrogens (tertiary/aromatic N) is 1. The minimum atomic E-state index is -0.682. The molecule has 10 heteroatoms. The number of carbonyl (C=O) groups is 2. The van der Waals surface area contributed by atoms with Gasteiger partial charge in [-0.15, -0.1) is 0 Å². The van der Waals surface area contributed by atoms with Crippen LogP contribution >= 0.6 is 0 Å². The SMILES string of the molecule is CCOCCC1c2cccc(c2)C(CCOCC)c2cc3cc(c2)C(CCOCC)c2cccc(c2)C(CCOCC)c2cc(cc1c2)COC(=O)c1cc(OC)cc(n1)C(=O)OC3. The van der Waals surface area contributed by atoms with Gasteiger partial charge in [-0.1, -0.05) is 84.9 Å². The van der Waals surface area contributed by atoms with Gasteiger partial charge in [-0.25, -0.2) is 14.6 Å². The van der Waals surface area contributed by atoms with Crippen LogP contribution in [0.5, 0.6) is 5.75 Å². The highest BCUT2D eigenvalue weighted by Crippen LogP contribution is 2.41. The predicted molar refractivity (Wildman–Crippen MR) is 247 cm³/mol. The molecular formula is C54H63NO9. The van der Waals surface area contributed by atoms with Crippen molar-refractivity contribution in [1.29, 1.82) is 0 Å². The van der Waals surface area contributed by atoms with Crippen molar-refractivity contribution in [2.24, 2.45) is 0 Å².